The van der Waals surface area contributed by atoms with Crippen LogP contribution in [0.2, 0.25) is 0 Å². The minimum atomic E-state index is -3.11. The van der Waals surface area contributed by atoms with Crippen molar-refractivity contribution < 1.29 is 8.42 Å². The van der Waals surface area contributed by atoms with E-state index in [9.17, 15) is 8.42 Å². The standard InChI is InChI=1S/C12H20N4O2S/c1-2-10-19(17,18)15-11-4-8-16(9-5-11)12-13-6-3-7-14-12/h3,6-7,11,15H,2,4-5,8-10H2,1H3. The van der Waals surface area contributed by atoms with Crippen molar-refractivity contribution in [2.45, 2.75) is 32.2 Å². The maximum Gasteiger partial charge on any atom is 0.225 e. The van der Waals surface area contributed by atoms with Crippen LogP contribution in [0.1, 0.15) is 26.2 Å². The van der Waals surface area contributed by atoms with Crippen LogP contribution in [0.5, 0.6) is 0 Å². The molecule has 0 atom stereocenters. The van der Waals surface area contributed by atoms with E-state index in [1.165, 1.54) is 0 Å². The van der Waals surface area contributed by atoms with Crippen molar-refractivity contribution in [1.29, 1.82) is 0 Å². The maximum atomic E-state index is 11.7. The zero-order valence-electron chi connectivity index (χ0n) is 11.1. The molecule has 1 aliphatic heterocycles. The lowest BCUT2D eigenvalue weighted by Crippen LogP contribution is -2.45. The van der Waals surface area contributed by atoms with Crippen molar-refractivity contribution in [3.05, 3.63) is 18.5 Å². The largest absolute Gasteiger partial charge is 0.341 e. The Labute approximate surface area is 114 Å². The Morgan fingerprint density at radius 2 is 1.95 bits per heavy atom. The lowest BCUT2D eigenvalue weighted by molar-refractivity contribution is 0.456. The minimum Gasteiger partial charge on any atom is -0.341 e. The maximum absolute atomic E-state index is 11.7. The number of nitrogens with one attached hydrogen (secondary N) is 1. The van der Waals surface area contributed by atoms with Crippen molar-refractivity contribution in [3.63, 3.8) is 0 Å². The molecule has 2 rings (SSSR count). The molecule has 0 amide bonds. The highest BCUT2D eigenvalue weighted by Gasteiger charge is 2.23. The van der Waals surface area contributed by atoms with Crippen molar-refractivity contribution in [2.24, 2.45) is 0 Å². The molecule has 0 saturated carbocycles. The summed E-state index contributed by atoms with van der Waals surface area (Å²) < 4.78 is 26.2. The average molecular weight is 284 g/mol. The van der Waals surface area contributed by atoms with E-state index in [1.807, 2.05) is 6.92 Å². The van der Waals surface area contributed by atoms with Crippen LogP contribution >= 0.6 is 0 Å². The van der Waals surface area contributed by atoms with Gasteiger partial charge in [-0.3, -0.25) is 0 Å². The first-order valence-corrected chi connectivity index (χ1v) is 8.28. The lowest BCUT2D eigenvalue weighted by Gasteiger charge is -2.32. The molecule has 19 heavy (non-hydrogen) atoms. The van der Waals surface area contributed by atoms with Gasteiger partial charge in [0.2, 0.25) is 16.0 Å². The topological polar surface area (TPSA) is 75.2 Å². The number of anilines is 1. The molecule has 2 heterocycles. The van der Waals surface area contributed by atoms with E-state index < -0.39 is 10.0 Å². The van der Waals surface area contributed by atoms with Crippen molar-refractivity contribution in [3.8, 4) is 0 Å². The highest BCUT2D eigenvalue weighted by atomic mass is 32.2. The van der Waals surface area contributed by atoms with Gasteiger partial charge in [0.05, 0.1) is 5.75 Å². The molecule has 1 N–H and O–H groups in total. The van der Waals surface area contributed by atoms with Gasteiger partial charge in [-0.15, -0.1) is 0 Å². The molecule has 0 aliphatic carbocycles. The minimum absolute atomic E-state index is 0.0384. The highest BCUT2D eigenvalue weighted by molar-refractivity contribution is 7.89. The smallest absolute Gasteiger partial charge is 0.225 e. The first-order chi connectivity index (χ1) is 9.11. The number of hydrogen-bond acceptors (Lipinski definition) is 5. The molecule has 1 aromatic heterocycles. The Bertz CT molecular complexity index is 484. The van der Waals surface area contributed by atoms with Crippen molar-refractivity contribution >= 4 is 16.0 Å². The summed E-state index contributed by atoms with van der Waals surface area (Å²) in [7, 11) is -3.11. The van der Waals surface area contributed by atoms with E-state index in [-0.39, 0.29) is 11.8 Å². The molecule has 1 fully saturated rings. The Hall–Kier alpha value is -1.21. The van der Waals surface area contributed by atoms with Gasteiger partial charge in [0.1, 0.15) is 0 Å². The van der Waals surface area contributed by atoms with Gasteiger partial charge in [-0.25, -0.2) is 23.1 Å². The normalized spacial score (nSPS) is 17.6. The van der Waals surface area contributed by atoms with Gasteiger partial charge in [-0.2, -0.15) is 0 Å². The number of hydrogen-bond donors (Lipinski definition) is 1. The molecule has 106 valence electrons. The summed E-state index contributed by atoms with van der Waals surface area (Å²) in [6, 6.07) is 1.83. The Morgan fingerprint density at radius 3 is 2.53 bits per heavy atom. The van der Waals surface area contributed by atoms with Gasteiger partial charge in [0.15, 0.2) is 0 Å². The van der Waals surface area contributed by atoms with Gasteiger partial charge < -0.3 is 4.90 Å². The quantitative estimate of drug-likeness (QED) is 0.864. The van der Waals surface area contributed by atoms with E-state index in [0.29, 0.717) is 6.42 Å². The fraction of sp³-hybridized carbons (Fsp3) is 0.667. The Morgan fingerprint density at radius 1 is 1.32 bits per heavy atom. The second-order valence-electron chi connectivity index (χ2n) is 4.75. The second kappa shape index (κ2) is 6.29. The number of sulfonamides is 1. The Balaban J connectivity index is 1.86. The van der Waals surface area contributed by atoms with Crippen LogP contribution in [0.3, 0.4) is 0 Å². The van der Waals surface area contributed by atoms with E-state index in [0.717, 1.165) is 31.9 Å². The molecule has 0 aromatic carbocycles. The molecule has 1 aliphatic rings. The summed E-state index contributed by atoms with van der Waals surface area (Å²) in [6.07, 6.45) is 5.67. The summed E-state index contributed by atoms with van der Waals surface area (Å²) in [4.78, 5) is 10.5. The molecule has 1 aromatic rings. The van der Waals surface area contributed by atoms with Gasteiger partial charge in [0, 0.05) is 31.5 Å². The third-order valence-electron chi connectivity index (χ3n) is 3.15. The van der Waals surface area contributed by atoms with Crippen LogP contribution in [0.4, 0.5) is 5.95 Å². The first-order valence-electron chi connectivity index (χ1n) is 6.62. The van der Waals surface area contributed by atoms with Crippen LogP contribution in [-0.2, 0) is 10.0 Å². The molecule has 0 bridgehead atoms. The van der Waals surface area contributed by atoms with Crippen LogP contribution in [0.15, 0.2) is 18.5 Å². The van der Waals surface area contributed by atoms with Gasteiger partial charge in [0.25, 0.3) is 0 Å². The average Bonchev–Trinajstić information content (AvgIpc) is 2.40. The molecule has 1 saturated heterocycles. The first kappa shape index (κ1) is 14.2. The number of nitrogens with zero attached hydrogens (tertiary/aromatic N) is 3. The van der Waals surface area contributed by atoms with Crippen LogP contribution < -0.4 is 9.62 Å². The van der Waals surface area contributed by atoms with Crippen LogP contribution in [0.25, 0.3) is 0 Å². The number of rotatable bonds is 5. The summed E-state index contributed by atoms with van der Waals surface area (Å²) >= 11 is 0. The summed E-state index contributed by atoms with van der Waals surface area (Å²) in [5.74, 6) is 0.923. The van der Waals surface area contributed by atoms with Gasteiger partial charge >= 0.3 is 0 Å². The van der Waals surface area contributed by atoms with E-state index in [2.05, 4.69) is 19.6 Å². The van der Waals surface area contributed by atoms with Gasteiger partial charge in [-0.05, 0) is 25.3 Å². The molecule has 6 nitrogen and oxygen atoms in total. The fourth-order valence-corrected chi connectivity index (χ4v) is 3.63. The Kier molecular flexibility index (Phi) is 4.71. The molecule has 7 heteroatoms. The van der Waals surface area contributed by atoms with Crippen LogP contribution in [0, 0.1) is 0 Å². The molecule has 0 radical (unpaired) electrons. The molecular weight excluding hydrogens is 264 g/mol. The zero-order valence-corrected chi connectivity index (χ0v) is 11.9. The van der Waals surface area contributed by atoms with Gasteiger partial charge in [-0.1, -0.05) is 6.92 Å². The van der Waals surface area contributed by atoms with Crippen LogP contribution in [-0.4, -0.2) is 43.3 Å². The predicted molar refractivity (Wildman–Crippen MR) is 74.5 cm³/mol. The van der Waals surface area contributed by atoms with Crippen molar-refractivity contribution in [2.75, 3.05) is 23.7 Å². The SMILES string of the molecule is CCCS(=O)(=O)NC1CCN(c2ncccn2)CC1. The van der Waals surface area contributed by atoms with Crippen molar-refractivity contribution in [1.82, 2.24) is 14.7 Å². The van der Waals surface area contributed by atoms with E-state index in [4.69, 9.17) is 0 Å². The zero-order chi connectivity index (χ0) is 13.7. The third kappa shape index (κ3) is 4.14. The third-order valence-corrected chi connectivity index (χ3v) is 4.79. The summed E-state index contributed by atoms with van der Waals surface area (Å²) in [6.45, 7) is 3.43. The fourth-order valence-electron chi connectivity index (χ4n) is 2.23. The molecule has 0 unspecified atom stereocenters. The second-order valence-corrected chi connectivity index (χ2v) is 6.62. The molecule has 0 spiro atoms. The molecular formula is C12H20N4O2S. The number of piperidine rings is 1. The van der Waals surface area contributed by atoms with E-state index >= 15 is 0 Å². The monoisotopic (exact) mass is 284 g/mol. The van der Waals surface area contributed by atoms with E-state index in [1.54, 1.807) is 18.5 Å². The number of aromatic nitrogens is 2. The summed E-state index contributed by atoms with van der Waals surface area (Å²) in [5.41, 5.74) is 0. The highest BCUT2D eigenvalue weighted by Crippen LogP contribution is 2.15. The lowest BCUT2D eigenvalue weighted by atomic mass is 10.1. The predicted octanol–water partition coefficient (Wildman–Crippen LogP) is 0.775. The summed E-state index contributed by atoms with van der Waals surface area (Å²) in [5, 5.41) is 0.